The molecule has 14 heavy (non-hydrogen) atoms. The van der Waals surface area contributed by atoms with Gasteiger partial charge in [0.1, 0.15) is 5.82 Å². The van der Waals surface area contributed by atoms with E-state index in [1.165, 1.54) is 25.7 Å². The summed E-state index contributed by atoms with van der Waals surface area (Å²) in [5.74, 6) is 1.74. The highest BCUT2D eigenvalue weighted by atomic mass is 35.5. The molecule has 0 spiro atoms. The van der Waals surface area contributed by atoms with Crippen LogP contribution in [0.5, 0.6) is 0 Å². The van der Waals surface area contributed by atoms with Gasteiger partial charge in [0.25, 0.3) is 0 Å². The summed E-state index contributed by atoms with van der Waals surface area (Å²) in [6, 6.07) is 0.515. The molecule has 1 aromatic rings. The third-order valence-electron chi connectivity index (χ3n) is 3.10. The van der Waals surface area contributed by atoms with Crippen LogP contribution >= 0.6 is 11.6 Å². The molecule has 78 valence electrons. The van der Waals surface area contributed by atoms with Gasteiger partial charge in [-0.15, -0.1) is 10.2 Å². The summed E-state index contributed by atoms with van der Waals surface area (Å²) >= 11 is 6.02. The zero-order valence-electron chi connectivity index (χ0n) is 8.70. The summed E-state index contributed by atoms with van der Waals surface area (Å²) in [6.07, 6.45) is 5.05. The van der Waals surface area contributed by atoms with Crippen molar-refractivity contribution in [1.82, 2.24) is 14.8 Å². The lowest BCUT2D eigenvalue weighted by Crippen LogP contribution is -2.18. The number of aryl methyl sites for hydroxylation is 1. The maximum Gasteiger partial charge on any atom is 0.225 e. The first-order valence-electron chi connectivity index (χ1n) is 5.25. The van der Waals surface area contributed by atoms with Crippen molar-refractivity contribution in [2.45, 2.75) is 45.6 Å². The second kappa shape index (κ2) is 3.89. The van der Waals surface area contributed by atoms with Crippen molar-refractivity contribution >= 4 is 11.6 Å². The minimum atomic E-state index is 0.515. The van der Waals surface area contributed by atoms with Gasteiger partial charge in [-0.1, -0.05) is 19.8 Å². The minimum Gasteiger partial charge on any atom is -0.299 e. The Morgan fingerprint density at radius 3 is 2.71 bits per heavy atom. The van der Waals surface area contributed by atoms with Gasteiger partial charge in [0.05, 0.1) is 0 Å². The molecule has 1 fully saturated rings. The lowest BCUT2D eigenvalue weighted by atomic mass is 9.87. The monoisotopic (exact) mass is 213 g/mol. The Kier molecular flexibility index (Phi) is 2.77. The molecule has 0 N–H and O–H groups in total. The largest absolute Gasteiger partial charge is 0.299 e. The van der Waals surface area contributed by atoms with Gasteiger partial charge in [-0.3, -0.25) is 4.57 Å². The molecule has 0 bridgehead atoms. The molecule has 1 aromatic heterocycles. The molecule has 0 radical (unpaired) electrons. The molecule has 4 heteroatoms. The first-order chi connectivity index (χ1) is 6.68. The lowest BCUT2D eigenvalue weighted by molar-refractivity contribution is 0.279. The van der Waals surface area contributed by atoms with Crippen LogP contribution in [0.3, 0.4) is 0 Å². The van der Waals surface area contributed by atoms with Crippen LogP contribution in [0, 0.1) is 12.8 Å². The first-order valence-corrected chi connectivity index (χ1v) is 5.63. The summed E-state index contributed by atoms with van der Waals surface area (Å²) < 4.78 is 2.08. The predicted octanol–water partition coefficient (Wildman–Crippen LogP) is 2.99. The van der Waals surface area contributed by atoms with Crippen molar-refractivity contribution in [1.29, 1.82) is 0 Å². The van der Waals surface area contributed by atoms with Gasteiger partial charge in [-0.05, 0) is 37.3 Å². The number of nitrogens with zero attached hydrogens (tertiary/aromatic N) is 3. The summed E-state index contributed by atoms with van der Waals surface area (Å²) in [4.78, 5) is 0. The van der Waals surface area contributed by atoms with E-state index in [9.17, 15) is 0 Å². The Bertz CT molecular complexity index is 302. The lowest BCUT2D eigenvalue weighted by Gasteiger charge is -2.28. The molecule has 3 nitrogen and oxygen atoms in total. The smallest absolute Gasteiger partial charge is 0.225 e. The molecular formula is C10H16ClN3. The molecule has 0 amide bonds. The Morgan fingerprint density at radius 1 is 1.36 bits per heavy atom. The van der Waals surface area contributed by atoms with Gasteiger partial charge in [0, 0.05) is 6.04 Å². The van der Waals surface area contributed by atoms with Crippen molar-refractivity contribution in [3.8, 4) is 0 Å². The molecule has 1 heterocycles. The van der Waals surface area contributed by atoms with E-state index in [1.807, 2.05) is 6.92 Å². The number of hydrogen-bond donors (Lipinski definition) is 0. The Labute approximate surface area is 89.5 Å². The highest BCUT2D eigenvalue weighted by Gasteiger charge is 2.23. The Hall–Kier alpha value is -0.570. The van der Waals surface area contributed by atoms with E-state index in [0.717, 1.165) is 11.7 Å². The number of rotatable bonds is 1. The van der Waals surface area contributed by atoms with Crippen LogP contribution in [-0.4, -0.2) is 14.8 Å². The molecule has 2 unspecified atom stereocenters. The third-order valence-corrected chi connectivity index (χ3v) is 3.36. The molecule has 1 saturated carbocycles. The van der Waals surface area contributed by atoms with E-state index < -0.39 is 0 Å². The van der Waals surface area contributed by atoms with E-state index in [1.54, 1.807) is 0 Å². The van der Waals surface area contributed by atoms with Crippen LogP contribution in [0.2, 0.25) is 5.28 Å². The van der Waals surface area contributed by atoms with Crippen LogP contribution in [0.1, 0.15) is 44.5 Å². The zero-order chi connectivity index (χ0) is 10.1. The second-order valence-corrected chi connectivity index (χ2v) is 4.65. The SMILES string of the molecule is Cc1nnc(Cl)n1C1CCCC(C)C1. The molecular weight excluding hydrogens is 198 g/mol. The molecule has 0 saturated heterocycles. The fourth-order valence-electron chi connectivity index (χ4n) is 2.39. The van der Waals surface area contributed by atoms with E-state index >= 15 is 0 Å². The third kappa shape index (κ3) is 1.78. The Morgan fingerprint density at radius 2 is 2.14 bits per heavy atom. The fraction of sp³-hybridized carbons (Fsp3) is 0.800. The number of aromatic nitrogens is 3. The minimum absolute atomic E-state index is 0.515. The van der Waals surface area contributed by atoms with Gasteiger partial charge in [0.15, 0.2) is 0 Å². The maximum absolute atomic E-state index is 6.02. The Balaban J connectivity index is 2.21. The number of hydrogen-bond acceptors (Lipinski definition) is 2. The average Bonchev–Trinajstić information content (AvgIpc) is 2.46. The van der Waals surface area contributed by atoms with Crippen LogP contribution in [0.25, 0.3) is 0 Å². The van der Waals surface area contributed by atoms with Crippen LogP contribution in [0.15, 0.2) is 0 Å². The molecule has 0 aromatic carbocycles. The first kappa shape index (κ1) is 9.97. The fourth-order valence-corrected chi connectivity index (χ4v) is 2.69. The van der Waals surface area contributed by atoms with Crippen LogP contribution in [-0.2, 0) is 0 Å². The number of halogens is 1. The highest BCUT2D eigenvalue weighted by Crippen LogP contribution is 2.34. The molecule has 1 aliphatic carbocycles. The normalized spacial score (nSPS) is 27.9. The van der Waals surface area contributed by atoms with Gasteiger partial charge in [-0.2, -0.15) is 0 Å². The topological polar surface area (TPSA) is 30.7 Å². The van der Waals surface area contributed by atoms with E-state index in [2.05, 4.69) is 21.7 Å². The maximum atomic E-state index is 6.02. The van der Waals surface area contributed by atoms with Gasteiger partial charge in [-0.25, -0.2) is 0 Å². The van der Waals surface area contributed by atoms with Crippen molar-refractivity contribution in [2.75, 3.05) is 0 Å². The average molecular weight is 214 g/mol. The van der Waals surface area contributed by atoms with Crippen LogP contribution in [0.4, 0.5) is 0 Å². The summed E-state index contributed by atoms with van der Waals surface area (Å²) in [6.45, 7) is 4.28. The predicted molar refractivity (Wildman–Crippen MR) is 56.4 cm³/mol. The standard InChI is InChI=1S/C10H16ClN3/c1-7-4-3-5-9(6-7)14-8(2)12-13-10(14)11/h7,9H,3-6H2,1-2H3. The van der Waals surface area contributed by atoms with E-state index in [-0.39, 0.29) is 0 Å². The second-order valence-electron chi connectivity index (χ2n) is 4.31. The van der Waals surface area contributed by atoms with Gasteiger partial charge >= 0.3 is 0 Å². The summed E-state index contributed by atoms with van der Waals surface area (Å²) in [5, 5.41) is 8.44. The van der Waals surface area contributed by atoms with Crippen molar-refractivity contribution < 1.29 is 0 Å². The van der Waals surface area contributed by atoms with Crippen molar-refractivity contribution in [3.05, 3.63) is 11.1 Å². The molecule has 2 atom stereocenters. The van der Waals surface area contributed by atoms with Crippen molar-refractivity contribution in [3.63, 3.8) is 0 Å². The van der Waals surface area contributed by atoms with Crippen LogP contribution < -0.4 is 0 Å². The van der Waals surface area contributed by atoms with Gasteiger partial charge in [0.2, 0.25) is 5.28 Å². The molecule has 0 aliphatic heterocycles. The summed E-state index contributed by atoms with van der Waals surface area (Å²) in [7, 11) is 0. The van der Waals surface area contributed by atoms with E-state index in [0.29, 0.717) is 11.3 Å². The van der Waals surface area contributed by atoms with Gasteiger partial charge < -0.3 is 0 Å². The zero-order valence-corrected chi connectivity index (χ0v) is 9.46. The van der Waals surface area contributed by atoms with E-state index in [4.69, 9.17) is 11.6 Å². The molecule has 1 aliphatic rings. The quantitative estimate of drug-likeness (QED) is 0.718. The molecule has 2 rings (SSSR count). The summed E-state index contributed by atoms with van der Waals surface area (Å²) in [5.41, 5.74) is 0. The van der Waals surface area contributed by atoms with Crippen molar-refractivity contribution in [2.24, 2.45) is 5.92 Å². The highest BCUT2D eigenvalue weighted by molar-refractivity contribution is 6.28.